The smallest absolute Gasteiger partial charge is 0.276 e. The molecule has 0 unspecified atom stereocenters. The van der Waals surface area contributed by atoms with Crippen molar-refractivity contribution in [1.82, 2.24) is 20.8 Å². The zero-order valence-corrected chi connectivity index (χ0v) is 18.8. The van der Waals surface area contributed by atoms with Crippen LogP contribution >= 0.6 is 23.2 Å². The number of carbonyl (C=O) groups is 2. The fourth-order valence-electron chi connectivity index (χ4n) is 2.69. The number of nitro groups is 2. The van der Waals surface area contributed by atoms with Crippen molar-refractivity contribution in [3.05, 3.63) is 90.2 Å². The first kappa shape index (κ1) is 25.1. The third-order valence-electron chi connectivity index (χ3n) is 4.31. The number of hydrogen-bond acceptors (Lipinski definition) is 10. The lowest BCUT2D eigenvalue weighted by molar-refractivity contribution is -0.384. The van der Waals surface area contributed by atoms with Crippen LogP contribution in [0.25, 0.3) is 0 Å². The summed E-state index contributed by atoms with van der Waals surface area (Å²) < 4.78 is 0. The predicted octanol–water partition coefficient (Wildman–Crippen LogP) is 3.04. The fraction of sp³-hybridized carbons (Fsp3) is 0.0526. The molecule has 0 radical (unpaired) electrons. The molecule has 35 heavy (non-hydrogen) atoms. The Bertz CT molecular complexity index is 1310. The van der Waals surface area contributed by atoms with Crippen molar-refractivity contribution >= 4 is 58.0 Å². The van der Waals surface area contributed by atoms with Gasteiger partial charge in [0.15, 0.2) is 0 Å². The number of rotatable bonds is 9. The van der Waals surface area contributed by atoms with E-state index >= 15 is 0 Å². The van der Waals surface area contributed by atoms with Gasteiger partial charge < -0.3 is 0 Å². The van der Waals surface area contributed by atoms with Crippen LogP contribution in [0.4, 0.5) is 23.0 Å². The molecule has 0 saturated carbocycles. The van der Waals surface area contributed by atoms with Gasteiger partial charge in [-0.05, 0) is 23.8 Å². The molecule has 1 heterocycles. The van der Waals surface area contributed by atoms with Gasteiger partial charge in [0.1, 0.15) is 6.33 Å². The van der Waals surface area contributed by atoms with Gasteiger partial charge in [0.25, 0.3) is 11.6 Å². The number of carbonyl (C=O) groups excluding carboxylic acids is 2. The number of nitrogens with zero attached hydrogens (tertiary/aromatic N) is 4. The number of hydrogen-bond donors (Lipinski definition) is 4. The molecule has 14 nitrogen and oxygen atoms in total. The molecule has 0 saturated heterocycles. The molecule has 0 fully saturated rings. The van der Waals surface area contributed by atoms with E-state index in [0.717, 1.165) is 6.33 Å². The van der Waals surface area contributed by atoms with Gasteiger partial charge in [0, 0.05) is 17.2 Å². The first-order chi connectivity index (χ1) is 16.7. The van der Waals surface area contributed by atoms with E-state index in [1.54, 1.807) is 0 Å². The Kier molecular flexibility index (Phi) is 7.91. The lowest BCUT2D eigenvalue weighted by atomic mass is 10.1. The van der Waals surface area contributed by atoms with Crippen LogP contribution in [-0.4, -0.2) is 31.6 Å². The van der Waals surface area contributed by atoms with Gasteiger partial charge in [-0.25, -0.2) is 9.97 Å². The van der Waals surface area contributed by atoms with E-state index in [1.165, 1.54) is 42.5 Å². The van der Waals surface area contributed by atoms with E-state index in [1.807, 2.05) is 0 Å². The number of aromatic nitrogens is 2. The summed E-state index contributed by atoms with van der Waals surface area (Å²) in [6, 6.07) is 9.46. The highest BCUT2D eigenvalue weighted by atomic mass is 35.5. The van der Waals surface area contributed by atoms with Crippen molar-refractivity contribution in [3.63, 3.8) is 0 Å². The summed E-state index contributed by atoms with van der Waals surface area (Å²) in [5.74, 6) is -2.07. The van der Waals surface area contributed by atoms with E-state index < -0.39 is 27.3 Å². The molecule has 3 aromatic rings. The SMILES string of the molecule is O=C(Cc1ccc([N+](=O)[O-])cc1)NNc1ncnc(NNC(=O)c2ccc(Cl)cc2Cl)c1[N+](=O)[O-]. The molecule has 0 aliphatic heterocycles. The highest BCUT2D eigenvalue weighted by Crippen LogP contribution is 2.28. The summed E-state index contributed by atoms with van der Waals surface area (Å²) in [7, 11) is 0. The summed E-state index contributed by atoms with van der Waals surface area (Å²) in [4.78, 5) is 52.9. The maximum atomic E-state index is 12.3. The molecule has 0 spiro atoms. The van der Waals surface area contributed by atoms with Crippen LogP contribution in [0.1, 0.15) is 15.9 Å². The number of anilines is 2. The summed E-state index contributed by atoms with van der Waals surface area (Å²) in [5.41, 5.74) is 8.86. The molecule has 0 aliphatic rings. The van der Waals surface area contributed by atoms with Crippen molar-refractivity contribution in [1.29, 1.82) is 0 Å². The normalized spacial score (nSPS) is 10.2. The maximum absolute atomic E-state index is 12.3. The summed E-state index contributed by atoms with van der Waals surface area (Å²) in [6.07, 6.45) is 0.786. The molecular weight excluding hydrogens is 507 g/mol. The quantitative estimate of drug-likeness (QED) is 0.240. The van der Waals surface area contributed by atoms with Crippen molar-refractivity contribution in [2.45, 2.75) is 6.42 Å². The molecule has 0 bridgehead atoms. The Labute approximate surface area is 205 Å². The Morgan fingerprint density at radius 1 is 0.886 bits per heavy atom. The van der Waals surface area contributed by atoms with E-state index in [9.17, 15) is 29.8 Å². The zero-order chi connectivity index (χ0) is 25.5. The van der Waals surface area contributed by atoms with Gasteiger partial charge in [0.05, 0.1) is 26.9 Å². The molecule has 2 amide bonds. The monoisotopic (exact) mass is 520 g/mol. The second-order valence-corrected chi connectivity index (χ2v) is 7.50. The highest BCUT2D eigenvalue weighted by molar-refractivity contribution is 6.36. The molecule has 0 atom stereocenters. The van der Waals surface area contributed by atoms with E-state index in [0.29, 0.717) is 10.6 Å². The van der Waals surface area contributed by atoms with Crippen LogP contribution in [0.5, 0.6) is 0 Å². The van der Waals surface area contributed by atoms with Crippen LogP contribution in [0, 0.1) is 20.2 Å². The Morgan fingerprint density at radius 3 is 2.09 bits per heavy atom. The number of non-ortho nitro benzene ring substituents is 1. The molecule has 4 N–H and O–H groups in total. The number of halogens is 2. The lowest BCUT2D eigenvalue weighted by Crippen LogP contribution is -2.33. The molecule has 16 heteroatoms. The third-order valence-corrected chi connectivity index (χ3v) is 4.86. The lowest BCUT2D eigenvalue weighted by Gasteiger charge is -2.12. The molecule has 1 aromatic heterocycles. The largest absolute Gasteiger partial charge is 0.356 e. The van der Waals surface area contributed by atoms with Crippen LogP contribution in [0.15, 0.2) is 48.8 Å². The minimum atomic E-state index is -0.825. The van der Waals surface area contributed by atoms with E-state index in [4.69, 9.17) is 23.2 Å². The molecular formula is C19H14Cl2N8O6. The van der Waals surface area contributed by atoms with Crippen LogP contribution in [0.3, 0.4) is 0 Å². The summed E-state index contributed by atoms with van der Waals surface area (Å²) in [5, 5.41) is 22.7. The number of nitrogens with one attached hydrogen (secondary N) is 4. The van der Waals surface area contributed by atoms with Gasteiger partial charge in [-0.1, -0.05) is 35.3 Å². The number of nitro benzene ring substituents is 1. The Morgan fingerprint density at radius 2 is 1.51 bits per heavy atom. The Balaban J connectivity index is 1.67. The van der Waals surface area contributed by atoms with Crippen molar-refractivity contribution in [3.8, 4) is 0 Å². The second-order valence-electron chi connectivity index (χ2n) is 6.65. The van der Waals surface area contributed by atoms with Gasteiger partial charge >= 0.3 is 5.69 Å². The maximum Gasteiger partial charge on any atom is 0.356 e. The number of benzene rings is 2. The van der Waals surface area contributed by atoms with Gasteiger partial charge in [-0.2, -0.15) is 0 Å². The molecule has 2 aromatic carbocycles. The fourth-order valence-corrected chi connectivity index (χ4v) is 3.18. The molecule has 180 valence electrons. The number of amides is 2. The first-order valence-corrected chi connectivity index (χ1v) is 10.2. The standard InChI is InChI=1S/C19H14Cl2N8O6/c20-11-3-6-13(14(21)8-11)19(31)27-26-18-16(29(34)35)17(22-9-23-18)25-24-15(30)7-10-1-4-12(5-2-10)28(32)33/h1-6,8-9H,7H2,(H,24,30)(H,27,31)(H2,22,23,25,26). The minimum Gasteiger partial charge on any atom is -0.276 e. The minimum absolute atomic E-state index is 0.0529. The first-order valence-electron chi connectivity index (χ1n) is 9.44. The van der Waals surface area contributed by atoms with Crippen LogP contribution < -0.4 is 21.7 Å². The third kappa shape index (κ3) is 6.49. The average molecular weight is 521 g/mol. The summed E-state index contributed by atoms with van der Waals surface area (Å²) in [6.45, 7) is 0. The van der Waals surface area contributed by atoms with Crippen LogP contribution in [-0.2, 0) is 11.2 Å². The van der Waals surface area contributed by atoms with E-state index in [-0.39, 0.29) is 34.3 Å². The Hall–Kier alpha value is -4.56. The highest BCUT2D eigenvalue weighted by Gasteiger charge is 2.24. The summed E-state index contributed by atoms with van der Waals surface area (Å²) >= 11 is 11.8. The van der Waals surface area contributed by atoms with Crippen molar-refractivity contribution < 1.29 is 19.4 Å². The average Bonchev–Trinajstić information content (AvgIpc) is 2.81. The van der Waals surface area contributed by atoms with Gasteiger partial charge in [-0.3, -0.25) is 51.5 Å². The van der Waals surface area contributed by atoms with Gasteiger partial charge in [0.2, 0.25) is 17.5 Å². The molecule has 3 rings (SSSR count). The molecule has 0 aliphatic carbocycles. The zero-order valence-electron chi connectivity index (χ0n) is 17.3. The van der Waals surface area contributed by atoms with E-state index in [2.05, 4.69) is 31.7 Å². The van der Waals surface area contributed by atoms with Crippen LogP contribution in [0.2, 0.25) is 10.0 Å². The number of hydrazine groups is 2. The van der Waals surface area contributed by atoms with Crippen molar-refractivity contribution in [2.75, 3.05) is 10.9 Å². The second kappa shape index (κ2) is 11.0. The topological polar surface area (TPSA) is 194 Å². The predicted molar refractivity (Wildman–Crippen MR) is 125 cm³/mol. The van der Waals surface area contributed by atoms with Gasteiger partial charge in [-0.15, -0.1) is 0 Å². The van der Waals surface area contributed by atoms with Crippen molar-refractivity contribution in [2.24, 2.45) is 0 Å².